The summed E-state index contributed by atoms with van der Waals surface area (Å²) >= 11 is 9.48. The van der Waals surface area contributed by atoms with Crippen molar-refractivity contribution in [3.8, 4) is 11.5 Å². The fourth-order valence-electron chi connectivity index (χ4n) is 3.74. The van der Waals surface area contributed by atoms with E-state index in [0.717, 1.165) is 33.9 Å². The number of nitrogens with zero attached hydrogens (tertiary/aromatic N) is 3. The minimum absolute atomic E-state index is 0.0474. The molecule has 1 aliphatic rings. The molecule has 0 spiro atoms. The van der Waals surface area contributed by atoms with E-state index in [1.54, 1.807) is 6.33 Å². The molecule has 1 aliphatic heterocycles. The molecule has 7 heteroatoms. The van der Waals surface area contributed by atoms with Gasteiger partial charge in [-0.3, -0.25) is 0 Å². The largest absolute Gasteiger partial charge is 0.457 e. The van der Waals surface area contributed by atoms with Crippen LogP contribution in [0.3, 0.4) is 0 Å². The minimum atomic E-state index is 0.0474. The lowest BCUT2D eigenvalue weighted by molar-refractivity contribution is 0.427. The molecule has 0 fully saturated rings. The van der Waals surface area contributed by atoms with Gasteiger partial charge in [0.15, 0.2) is 0 Å². The maximum Gasteiger partial charge on any atom is 0.222 e. The smallest absolute Gasteiger partial charge is 0.222 e. The second-order valence-electron chi connectivity index (χ2n) is 7.16. The Morgan fingerprint density at radius 3 is 2.57 bits per heavy atom. The van der Waals surface area contributed by atoms with Gasteiger partial charge in [-0.15, -0.1) is 0 Å². The summed E-state index contributed by atoms with van der Waals surface area (Å²) in [5.74, 6) is 2.29. The Morgan fingerprint density at radius 1 is 0.967 bits per heavy atom. The molecule has 5 nitrogen and oxygen atoms in total. The third kappa shape index (κ3) is 3.93. The van der Waals surface area contributed by atoms with E-state index in [1.807, 2.05) is 41.1 Å². The Bertz CT molecular complexity index is 1160. The van der Waals surface area contributed by atoms with Crippen LogP contribution in [-0.2, 0) is 0 Å². The van der Waals surface area contributed by atoms with Gasteiger partial charge in [0, 0.05) is 9.50 Å². The third-order valence-electron chi connectivity index (χ3n) is 5.20. The van der Waals surface area contributed by atoms with E-state index in [-0.39, 0.29) is 12.1 Å². The summed E-state index contributed by atoms with van der Waals surface area (Å²) in [5.41, 5.74) is 2.34. The standard InChI is InChI=1S/C23H18BrClN4O/c24-17-6-4-15(5-7-17)21-13-22(29-23(28-21)26-14-27-29)16-2-1-3-20(12-16)30-19-10-8-18(25)9-11-19/h1-12,14,21-22H,13H2,(H,26,27,28)/t21-,22+/m1/s1. The van der Waals surface area contributed by atoms with Gasteiger partial charge in [0.25, 0.3) is 0 Å². The zero-order valence-electron chi connectivity index (χ0n) is 15.9. The van der Waals surface area contributed by atoms with Crippen molar-refractivity contribution in [3.05, 3.63) is 99.7 Å². The van der Waals surface area contributed by atoms with Crippen molar-refractivity contribution < 1.29 is 4.74 Å². The van der Waals surface area contributed by atoms with E-state index in [0.29, 0.717) is 5.02 Å². The number of rotatable bonds is 4. The monoisotopic (exact) mass is 480 g/mol. The maximum absolute atomic E-state index is 6.03. The van der Waals surface area contributed by atoms with Gasteiger partial charge in [-0.1, -0.05) is 51.8 Å². The molecule has 3 aromatic carbocycles. The lowest BCUT2D eigenvalue weighted by Crippen LogP contribution is -2.28. The molecule has 0 unspecified atom stereocenters. The number of fused-ring (bicyclic) bond motifs is 1. The number of aromatic nitrogens is 3. The van der Waals surface area contributed by atoms with Gasteiger partial charge >= 0.3 is 0 Å². The van der Waals surface area contributed by atoms with Crippen LogP contribution in [0.1, 0.15) is 29.6 Å². The summed E-state index contributed by atoms with van der Waals surface area (Å²) in [6.45, 7) is 0. The molecule has 1 N–H and O–H groups in total. The highest BCUT2D eigenvalue weighted by molar-refractivity contribution is 9.10. The van der Waals surface area contributed by atoms with Crippen LogP contribution in [0.2, 0.25) is 5.02 Å². The summed E-state index contributed by atoms with van der Waals surface area (Å²) in [6.07, 6.45) is 2.44. The third-order valence-corrected chi connectivity index (χ3v) is 5.98. The van der Waals surface area contributed by atoms with Crippen LogP contribution in [0, 0.1) is 0 Å². The Kier molecular flexibility index (Phi) is 5.19. The molecule has 150 valence electrons. The molecule has 0 radical (unpaired) electrons. The van der Waals surface area contributed by atoms with Gasteiger partial charge in [-0.2, -0.15) is 10.1 Å². The molecule has 2 atom stereocenters. The first-order valence-corrected chi connectivity index (χ1v) is 10.8. The number of halogens is 2. The van der Waals surface area contributed by atoms with Crippen LogP contribution >= 0.6 is 27.5 Å². The normalized spacial score (nSPS) is 17.8. The van der Waals surface area contributed by atoms with E-state index in [1.165, 1.54) is 5.56 Å². The molecule has 30 heavy (non-hydrogen) atoms. The van der Waals surface area contributed by atoms with Crippen molar-refractivity contribution >= 4 is 33.5 Å². The quantitative estimate of drug-likeness (QED) is 0.355. The molecule has 0 saturated carbocycles. The lowest BCUT2D eigenvalue weighted by atomic mass is 9.93. The Balaban J connectivity index is 1.45. The van der Waals surface area contributed by atoms with Crippen molar-refractivity contribution in [1.29, 1.82) is 0 Å². The Hall–Kier alpha value is -2.83. The molecular formula is C23H18BrClN4O. The maximum atomic E-state index is 6.03. The van der Waals surface area contributed by atoms with E-state index in [4.69, 9.17) is 16.3 Å². The Morgan fingerprint density at radius 2 is 1.77 bits per heavy atom. The van der Waals surface area contributed by atoms with Crippen LogP contribution in [0.15, 0.2) is 83.6 Å². The van der Waals surface area contributed by atoms with Crippen molar-refractivity contribution in [1.82, 2.24) is 14.8 Å². The van der Waals surface area contributed by atoms with Crippen molar-refractivity contribution in [3.63, 3.8) is 0 Å². The van der Waals surface area contributed by atoms with Crippen molar-refractivity contribution in [2.45, 2.75) is 18.5 Å². The second-order valence-corrected chi connectivity index (χ2v) is 8.51. The minimum Gasteiger partial charge on any atom is -0.457 e. The van der Waals surface area contributed by atoms with Gasteiger partial charge in [-0.25, -0.2) is 4.68 Å². The molecule has 0 saturated heterocycles. The van der Waals surface area contributed by atoms with Crippen LogP contribution in [0.4, 0.5) is 5.95 Å². The number of hydrogen-bond acceptors (Lipinski definition) is 4. The van der Waals surface area contributed by atoms with Crippen molar-refractivity contribution in [2.75, 3.05) is 5.32 Å². The highest BCUT2D eigenvalue weighted by atomic mass is 79.9. The first-order chi connectivity index (χ1) is 14.7. The number of ether oxygens (including phenoxy) is 1. The predicted octanol–water partition coefficient (Wildman–Crippen LogP) is 6.63. The molecule has 4 aromatic rings. The molecule has 5 rings (SSSR count). The summed E-state index contributed by atoms with van der Waals surface area (Å²) in [7, 11) is 0. The lowest BCUT2D eigenvalue weighted by Gasteiger charge is -2.32. The first kappa shape index (κ1) is 19.2. The molecule has 1 aromatic heterocycles. The van der Waals surface area contributed by atoms with Crippen LogP contribution in [0.25, 0.3) is 0 Å². The summed E-state index contributed by atoms with van der Waals surface area (Å²) < 4.78 is 9.04. The number of benzene rings is 3. The van der Waals surface area contributed by atoms with E-state index < -0.39 is 0 Å². The van der Waals surface area contributed by atoms with E-state index >= 15 is 0 Å². The predicted molar refractivity (Wildman–Crippen MR) is 121 cm³/mol. The molecule has 0 amide bonds. The van der Waals surface area contributed by atoms with Gasteiger partial charge in [0.05, 0.1) is 12.1 Å². The number of nitrogens with one attached hydrogen (secondary N) is 1. The van der Waals surface area contributed by atoms with E-state index in [2.05, 4.69) is 67.7 Å². The summed E-state index contributed by atoms with van der Waals surface area (Å²) in [5, 5.41) is 8.65. The van der Waals surface area contributed by atoms with E-state index in [9.17, 15) is 0 Å². The number of anilines is 1. The molecular weight excluding hydrogens is 464 g/mol. The average Bonchev–Trinajstić information content (AvgIpc) is 3.24. The highest BCUT2D eigenvalue weighted by Crippen LogP contribution is 2.38. The second kappa shape index (κ2) is 8.13. The fraction of sp³-hybridized carbons (Fsp3) is 0.130. The van der Waals surface area contributed by atoms with Gasteiger partial charge in [0.2, 0.25) is 5.95 Å². The van der Waals surface area contributed by atoms with Crippen LogP contribution in [0.5, 0.6) is 11.5 Å². The topological polar surface area (TPSA) is 52.0 Å². The summed E-state index contributed by atoms with van der Waals surface area (Å²) in [4.78, 5) is 4.41. The van der Waals surface area contributed by atoms with Gasteiger partial charge in [0.1, 0.15) is 17.8 Å². The van der Waals surface area contributed by atoms with Gasteiger partial charge < -0.3 is 10.1 Å². The number of hydrogen-bond donors (Lipinski definition) is 1. The van der Waals surface area contributed by atoms with Crippen molar-refractivity contribution in [2.24, 2.45) is 0 Å². The zero-order valence-corrected chi connectivity index (χ0v) is 18.2. The fourth-order valence-corrected chi connectivity index (χ4v) is 4.13. The van der Waals surface area contributed by atoms with Crippen LogP contribution in [-0.4, -0.2) is 14.8 Å². The molecule has 0 bridgehead atoms. The summed E-state index contributed by atoms with van der Waals surface area (Å²) in [6, 6.07) is 24.1. The zero-order chi connectivity index (χ0) is 20.5. The van der Waals surface area contributed by atoms with Gasteiger partial charge in [-0.05, 0) is 66.1 Å². The SMILES string of the molecule is Clc1ccc(Oc2cccc([C@@H]3C[C@H](c4ccc(Br)cc4)Nc4ncnn43)c2)cc1. The first-order valence-electron chi connectivity index (χ1n) is 9.60. The Labute approximate surface area is 187 Å². The average molecular weight is 482 g/mol. The highest BCUT2D eigenvalue weighted by Gasteiger charge is 2.30. The molecule has 0 aliphatic carbocycles. The molecule has 2 heterocycles. The van der Waals surface area contributed by atoms with Crippen LogP contribution < -0.4 is 10.1 Å².